The number of nitrogens with one attached hydrogen (secondary N) is 1. The molecule has 5 rings (SSSR count). The highest BCUT2D eigenvalue weighted by Crippen LogP contribution is 2.40. The molecule has 3 atom stereocenters. The van der Waals surface area contributed by atoms with E-state index in [0.29, 0.717) is 18.5 Å². The smallest absolute Gasteiger partial charge is 0.248 e. The number of carbonyl (C=O) groups is 2. The Kier molecular flexibility index (Phi) is 6.89. The van der Waals surface area contributed by atoms with Crippen LogP contribution in [0.1, 0.15) is 102 Å². The number of hydrogen-bond acceptors (Lipinski definition) is 6. The molecule has 0 spiro atoms. The lowest BCUT2D eigenvalue weighted by Crippen LogP contribution is -2.50. The molecule has 0 radical (unpaired) electrons. The van der Waals surface area contributed by atoms with Crippen molar-refractivity contribution in [3.05, 3.63) is 29.8 Å². The Balaban J connectivity index is 1.29. The lowest BCUT2D eigenvalue weighted by molar-refractivity contribution is -0.144. The first-order valence-corrected chi connectivity index (χ1v) is 13.4. The van der Waals surface area contributed by atoms with E-state index < -0.39 is 23.6 Å². The fourth-order valence-electron chi connectivity index (χ4n) is 5.76. The van der Waals surface area contributed by atoms with E-state index in [4.69, 9.17) is 0 Å². The standard InChI is InChI=1S/C26H39N7O3/c1-26(2,3)23(32-16-21(29-30-32)17-9-10-17)25(36)31-15-20(34)13-22(31)24(35)27-14-19-11-12-28-33(19)18-7-5-4-6-8-18/h11-12,16-18,20,22-23,34H,4-10,13-15H2,1-3H3,(H,27,35)/t20-,22+,23-/m1/s1. The predicted molar refractivity (Wildman–Crippen MR) is 133 cm³/mol. The maximum Gasteiger partial charge on any atom is 0.248 e. The van der Waals surface area contributed by atoms with E-state index in [1.54, 1.807) is 10.9 Å². The van der Waals surface area contributed by atoms with Gasteiger partial charge >= 0.3 is 0 Å². The molecule has 10 nitrogen and oxygen atoms in total. The summed E-state index contributed by atoms with van der Waals surface area (Å²) in [6.07, 6.45) is 11.2. The van der Waals surface area contributed by atoms with Gasteiger partial charge in [0, 0.05) is 31.3 Å². The predicted octanol–water partition coefficient (Wildman–Crippen LogP) is 2.72. The summed E-state index contributed by atoms with van der Waals surface area (Å²) >= 11 is 0. The van der Waals surface area contributed by atoms with E-state index in [-0.39, 0.29) is 24.8 Å². The van der Waals surface area contributed by atoms with Crippen LogP contribution in [0.2, 0.25) is 0 Å². The Morgan fingerprint density at radius 1 is 1.17 bits per heavy atom. The van der Waals surface area contributed by atoms with Crippen LogP contribution in [-0.2, 0) is 16.1 Å². The Morgan fingerprint density at radius 3 is 2.61 bits per heavy atom. The molecule has 1 saturated heterocycles. The van der Waals surface area contributed by atoms with Crippen molar-refractivity contribution >= 4 is 11.8 Å². The average molecular weight is 498 g/mol. The van der Waals surface area contributed by atoms with Crippen LogP contribution in [0.15, 0.2) is 18.5 Å². The van der Waals surface area contributed by atoms with Gasteiger partial charge in [-0.25, -0.2) is 4.68 Å². The molecule has 0 bridgehead atoms. The number of nitrogens with zero attached hydrogens (tertiary/aromatic N) is 6. The van der Waals surface area contributed by atoms with Crippen molar-refractivity contribution in [1.29, 1.82) is 0 Å². The normalized spacial score (nSPS) is 24.2. The largest absolute Gasteiger partial charge is 0.391 e. The first-order chi connectivity index (χ1) is 17.2. The van der Waals surface area contributed by atoms with Crippen LogP contribution in [0.5, 0.6) is 0 Å². The monoisotopic (exact) mass is 497 g/mol. The first kappa shape index (κ1) is 24.9. The zero-order valence-corrected chi connectivity index (χ0v) is 21.6. The molecular formula is C26H39N7O3. The molecule has 1 aliphatic heterocycles. The fraction of sp³-hybridized carbons (Fsp3) is 0.731. The maximum atomic E-state index is 13.9. The fourth-order valence-corrected chi connectivity index (χ4v) is 5.76. The zero-order valence-electron chi connectivity index (χ0n) is 21.6. The minimum Gasteiger partial charge on any atom is -0.391 e. The van der Waals surface area contributed by atoms with Crippen LogP contribution < -0.4 is 5.32 Å². The molecule has 0 aromatic carbocycles. The van der Waals surface area contributed by atoms with Gasteiger partial charge in [-0.15, -0.1) is 5.10 Å². The Hall–Kier alpha value is -2.75. The molecule has 3 heterocycles. The van der Waals surface area contributed by atoms with E-state index in [2.05, 4.69) is 20.7 Å². The van der Waals surface area contributed by atoms with Crippen molar-refractivity contribution in [3.8, 4) is 0 Å². The number of aromatic nitrogens is 5. The second kappa shape index (κ2) is 9.95. The van der Waals surface area contributed by atoms with Gasteiger partial charge < -0.3 is 15.3 Å². The SMILES string of the molecule is CC(C)(C)[C@@H](C(=O)N1C[C@H](O)C[C@H]1C(=O)NCc1ccnn1C1CCCCC1)n1cc(C2CC2)nn1. The average Bonchev–Trinajstić information content (AvgIpc) is 3.22. The Labute approximate surface area is 212 Å². The summed E-state index contributed by atoms with van der Waals surface area (Å²) in [7, 11) is 0. The van der Waals surface area contributed by atoms with Gasteiger partial charge in [-0.1, -0.05) is 45.2 Å². The molecule has 3 aliphatic rings. The minimum absolute atomic E-state index is 0.133. The van der Waals surface area contributed by atoms with E-state index in [1.807, 2.05) is 37.7 Å². The highest BCUT2D eigenvalue weighted by molar-refractivity contribution is 5.90. The van der Waals surface area contributed by atoms with E-state index in [1.165, 1.54) is 24.2 Å². The lowest BCUT2D eigenvalue weighted by Gasteiger charge is -2.34. The van der Waals surface area contributed by atoms with Crippen LogP contribution in [-0.4, -0.2) is 65.3 Å². The van der Waals surface area contributed by atoms with Crippen LogP contribution in [0.4, 0.5) is 0 Å². The molecule has 2 saturated carbocycles. The molecular weight excluding hydrogens is 458 g/mol. The van der Waals surface area contributed by atoms with Crippen LogP contribution in [0, 0.1) is 5.41 Å². The van der Waals surface area contributed by atoms with Gasteiger partial charge in [0.2, 0.25) is 11.8 Å². The summed E-state index contributed by atoms with van der Waals surface area (Å²) in [5.74, 6) is -0.0245. The Bertz CT molecular complexity index is 1080. The molecule has 3 fully saturated rings. The van der Waals surface area contributed by atoms with Gasteiger partial charge in [0.15, 0.2) is 0 Å². The number of amides is 2. The molecule has 2 aliphatic carbocycles. The molecule has 0 unspecified atom stereocenters. The van der Waals surface area contributed by atoms with Gasteiger partial charge in [-0.3, -0.25) is 14.3 Å². The number of carbonyl (C=O) groups excluding carboxylic acids is 2. The maximum absolute atomic E-state index is 13.9. The summed E-state index contributed by atoms with van der Waals surface area (Å²) in [5, 5.41) is 26.6. The Morgan fingerprint density at radius 2 is 1.92 bits per heavy atom. The quantitative estimate of drug-likeness (QED) is 0.607. The van der Waals surface area contributed by atoms with Crippen molar-refractivity contribution in [2.75, 3.05) is 6.54 Å². The van der Waals surface area contributed by atoms with E-state index >= 15 is 0 Å². The summed E-state index contributed by atoms with van der Waals surface area (Å²) in [4.78, 5) is 28.7. The van der Waals surface area contributed by atoms with Crippen LogP contribution in [0.25, 0.3) is 0 Å². The summed E-state index contributed by atoms with van der Waals surface area (Å²) in [5.41, 5.74) is 1.43. The number of likely N-dealkylation sites (tertiary alicyclic amines) is 1. The van der Waals surface area contributed by atoms with Gasteiger partial charge in [0.1, 0.15) is 12.1 Å². The summed E-state index contributed by atoms with van der Waals surface area (Å²) < 4.78 is 3.70. The third-order valence-electron chi connectivity index (χ3n) is 7.82. The summed E-state index contributed by atoms with van der Waals surface area (Å²) in [6, 6.07) is 0.975. The number of hydrogen-bond donors (Lipinski definition) is 2. The van der Waals surface area contributed by atoms with Crippen molar-refractivity contribution < 1.29 is 14.7 Å². The first-order valence-electron chi connectivity index (χ1n) is 13.4. The second-order valence-corrected chi connectivity index (χ2v) is 11.8. The van der Waals surface area contributed by atoms with Crippen molar-refractivity contribution in [3.63, 3.8) is 0 Å². The molecule has 36 heavy (non-hydrogen) atoms. The van der Waals surface area contributed by atoms with Crippen LogP contribution >= 0.6 is 0 Å². The minimum atomic E-state index is -0.740. The summed E-state index contributed by atoms with van der Waals surface area (Å²) in [6.45, 7) is 6.44. The molecule has 2 aromatic heterocycles. The second-order valence-electron chi connectivity index (χ2n) is 11.8. The topological polar surface area (TPSA) is 118 Å². The molecule has 2 N–H and O–H groups in total. The van der Waals surface area contributed by atoms with Crippen molar-refractivity contribution in [2.24, 2.45) is 5.41 Å². The van der Waals surface area contributed by atoms with E-state index in [9.17, 15) is 14.7 Å². The number of rotatable bonds is 7. The van der Waals surface area contributed by atoms with Crippen molar-refractivity contribution in [1.82, 2.24) is 35.0 Å². The highest BCUT2D eigenvalue weighted by atomic mass is 16.3. The van der Waals surface area contributed by atoms with Gasteiger partial charge in [-0.2, -0.15) is 5.10 Å². The highest BCUT2D eigenvalue weighted by Gasteiger charge is 2.45. The molecule has 196 valence electrons. The third-order valence-corrected chi connectivity index (χ3v) is 7.82. The molecule has 2 amide bonds. The number of aliphatic hydroxyl groups excluding tert-OH is 1. The third kappa shape index (κ3) is 5.19. The van der Waals surface area contributed by atoms with E-state index in [0.717, 1.165) is 37.1 Å². The lowest BCUT2D eigenvalue weighted by atomic mass is 9.85. The van der Waals surface area contributed by atoms with Crippen molar-refractivity contribution in [2.45, 2.75) is 109 Å². The number of β-amino-alcohol motifs (C(OH)–C–C–N with tert-alkyl or cyclic N) is 1. The molecule has 2 aromatic rings. The zero-order chi connectivity index (χ0) is 25.4. The van der Waals surface area contributed by atoms with Gasteiger partial charge in [0.25, 0.3) is 0 Å². The van der Waals surface area contributed by atoms with Gasteiger partial charge in [0.05, 0.1) is 30.1 Å². The van der Waals surface area contributed by atoms with Crippen LogP contribution in [0.3, 0.4) is 0 Å². The number of aliphatic hydroxyl groups is 1. The molecule has 10 heteroatoms. The van der Waals surface area contributed by atoms with Gasteiger partial charge in [-0.05, 0) is 37.2 Å².